The molecule has 3 rings (SSSR count). The average molecular weight is 327 g/mol. The van der Waals surface area contributed by atoms with E-state index in [2.05, 4.69) is 4.98 Å². The van der Waals surface area contributed by atoms with E-state index < -0.39 is 0 Å². The molecule has 1 aliphatic rings. The summed E-state index contributed by atoms with van der Waals surface area (Å²) in [5, 5.41) is 0. The summed E-state index contributed by atoms with van der Waals surface area (Å²) >= 11 is 0. The number of nitrogens with one attached hydrogen (secondary N) is 1. The highest BCUT2D eigenvalue weighted by Gasteiger charge is 2.25. The number of amides is 2. The zero-order chi connectivity index (χ0) is 16.9. The van der Waals surface area contributed by atoms with Crippen molar-refractivity contribution in [2.24, 2.45) is 0 Å². The van der Waals surface area contributed by atoms with Crippen molar-refractivity contribution >= 4 is 11.8 Å². The molecule has 0 spiro atoms. The van der Waals surface area contributed by atoms with Crippen molar-refractivity contribution in [3.05, 3.63) is 53.9 Å². The fourth-order valence-electron chi connectivity index (χ4n) is 2.82. The first-order valence-corrected chi connectivity index (χ1v) is 8.01. The standard InChI is InChI=1S/C18H21N3O3/c1-24-15-6-4-14(5-7-15)13-17(22)20-9-11-21(12-10-20)18(23)16-3-2-8-19-16/h2-8,19H,9-13H2,1H3. The van der Waals surface area contributed by atoms with Gasteiger partial charge in [0.15, 0.2) is 0 Å². The van der Waals surface area contributed by atoms with Crippen LogP contribution in [0.25, 0.3) is 0 Å². The van der Waals surface area contributed by atoms with E-state index in [1.54, 1.807) is 24.3 Å². The van der Waals surface area contributed by atoms with Gasteiger partial charge in [-0.15, -0.1) is 0 Å². The second-order valence-electron chi connectivity index (χ2n) is 5.78. The largest absolute Gasteiger partial charge is 0.497 e. The van der Waals surface area contributed by atoms with Gasteiger partial charge in [0.1, 0.15) is 11.4 Å². The molecule has 0 radical (unpaired) electrons. The number of benzene rings is 1. The number of carbonyl (C=O) groups is 2. The molecule has 1 aliphatic heterocycles. The molecule has 1 N–H and O–H groups in total. The number of nitrogens with zero attached hydrogens (tertiary/aromatic N) is 2. The van der Waals surface area contributed by atoms with Crippen molar-refractivity contribution < 1.29 is 14.3 Å². The predicted octanol–water partition coefficient (Wildman–Crippen LogP) is 1.55. The first-order valence-electron chi connectivity index (χ1n) is 8.01. The molecule has 1 aromatic carbocycles. The van der Waals surface area contributed by atoms with Gasteiger partial charge in [0.25, 0.3) is 5.91 Å². The van der Waals surface area contributed by atoms with Crippen LogP contribution in [-0.4, -0.2) is 59.9 Å². The summed E-state index contributed by atoms with van der Waals surface area (Å²) in [6.45, 7) is 2.27. The predicted molar refractivity (Wildman–Crippen MR) is 90.0 cm³/mol. The van der Waals surface area contributed by atoms with Crippen LogP contribution >= 0.6 is 0 Å². The second kappa shape index (κ2) is 7.21. The van der Waals surface area contributed by atoms with Crippen LogP contribution < -0.4 is 4.74 Å². The normalized spacial score (nSPS) is 14.5. The maximum atomic E-state index is 12.4. The number of aromatic nitrogens is 1. The third-order valence-electron chi connectivity index (χ3n) is 4.26. The number of rotatable bonds is 4. The highest BCUT2D eigenvalue weighted by Crippen LogP contribution is 2.13. The lowest BCUT2D eigenvalue weighted by atomic mass is 10.1. The van der Waals surface area contributed by atoms with E-state index >= 15 is 0 Å². The Labute approximate surface area is 141 Å². The Balaban J connectivity index is 1.52. The number of methoxy groups -OCH3 is 1. The lowest BCUT2D eigenvalue weighted by molar-refractivity contribution is -0.131. The number of piperazine rings is 1. The van der Waals surface area contributed by atoms with Gasteiger partial charge in [-0.05, 0) is 29.8 Å². The minimum atomic E-state index is -0.0118. The number of hydrogen-bond donors (Lipinski definition) is 1. The number of ether oxygens (including phenoxy) is 1. The SMILES string of the molecule is COc1ccc(CC(=O)N2CCN(C(=O)c3ccc[nH]3)CC2)cc1. The molecule has 2 amide bonds. The molecule has 1 fully saturated rings. The molecule has 6 heteroatoms. The highest BCUT2D eigenvalue weighted by molar-refractivity contribution is 5.92. The molecule has 24 heavy (non-hydrogen) atoms. The van der Waals surface area contributed by atoms with E-state index in [1.165, 1.54) is 0 Å². The van der Waals surface area contributed by atoms with Crippen LogP contribution in [0.4, 0.5) is 0 Å². The summed E-state index contributed by atoms with van der Waals surface area (Å²) in [6.07, 6.45) is 2.11. The van der Waals surface area contributed by atoms with Gasteiger partial charge in [-0.3, -0.25) is 9.59 Å². The van der Waals surface area contributed by atoms with E-state index in [0.29, 0.717) is 38.3 Å². The van der Waals surface area contributed by atoms with Crippen molar-refractivity contribution in [2.75, 3.05) is 33.3 Å². The van der Waals surface area contributed by atoms with Gasteiger partial charge in [0.2, 0.25) is 5.91 Å². The van der Waals surface area contributed by atoms with Crippen molar-refractivity contribution in [1.29, 1.82) is 0 Å². The molecule has 0 aliphatic carbocycles. The highest BCUT2D eigenvalue weighted by atomic mass is 16.5. The topological polar surface area (TPSA) is 65.6 Å². The monoisotopic (exact) mass is 327 g/mol. The molecular formula is C18H21N3O3. The molecule has 0 unspecified atom stereocenters. The molecule has 2 aromatic rings. The van der Waals surface area contributed by atoms with Crippen molar-refractivity contribution in [3.8, 4) is 5.75 Å². The first-order chi connectivity index (χ1) is 11.7. The van der Waals surface area contributed by atoms with Crippen LogP contribution in [0.15, 0.2) is 42.6 Å². The Hall–Kier alpha value is -2.76. The molecule has 1 saturated heterocycles. The Morgan fingerprint density at radius 1 is 1.04 bits per heavy atom. The zero-order valence-corrected chi connectivity index (χ0v) is 13.7. The lowest BCUT2D eigenvalue weighted by Crippen LogP contribution is -2.51. The Morgan fingerprint density at radius 3 is 2.29 bits per heavy atom. The number of aromatic amines is 1. The minimum absolute atomic E-state index is 0.0118. The van der Waals surface area contributed by atoms with Crippen LogP contribution in [0, 0.1) is 0 Å². The summed E-state index contributed by atoms with van der Waals surface area (Å²) in [4.78, 5) is 31.2. The van der Waals surface area contributed by atoms with Crippen LogP contribution in [-0.2, 0) is 11.2 Å². The third kappa shape index (κ3) is 3.59. The third-order valence-corrected chi connectivity index (χ3v) is 4.26. The fraction of sp³-hybridized carbons (Fsp3) is 0.333. The summed E-state index contributed by atoms with van der Waals surface area (Å²) < 4.78 is 5.12. The van der Waals surface area contributed by atoms with Gasteiger partial charge in [-0.2, -0.15) is 0 Å². The van der Waals surface area contributed by atoms with Gasteiger partial charge >= 0.3 is 0 Å². The number of hydrogen-bond acceptors (Lipinski definition) is 3. The summed E-state index contributed by atoms with van der Waals surface area (Å²) in [5.41, 5.74) is 1.55. The van der Waals surface area contributed by atoms with Crippen LogP contribution in [0.3, 0.4) is 0 Å². The van der Waals surface area contributed by atoms with Crippen molar-refractivity contribution in [2.45, 2.75) is 6.42 Å². The quantitative estimate of drug-likeness (QED) is 0.926. The Bertz CT molecular complexity index is 687. The Kier molecular flexibility index (Phi) is 4.84. The average Bonchev–Trinajstić information content (AvgIpc) is 3.16. The molecule has 126 valence electrons. The second-order valence-corrected chi connectivity index (χ2v) is 5.78. The van der Waals surface area contributed by atoms with Crippen LogP contribution in [0.5, 0.6) is 5.75 Å². The van der Waals surface area contributed by atoms with Gasteiger partial charge in [0, 0.05) is 32.4 Å². The van der Waals surface area contributed by atoms with E-state index in [0.717, 1.165) is 11.3 Å². The first kappa shape index (κ1) is 16.1. The van der Waals surface area contributed by atoms with Crippen molar-refractivity contribution in [3.63, 3.8) is 0 Å². The van der Waals surface area contributed by atoms with Gasteiger partial charge < -0.3 is 19.5 Å². The van der Waals surface area contributed by atoms with Crippen molar-refractivity contribution in [1.82, 2.24) is 14.8 Å². The Morgan fingerprint density at radius 2 is 1.71 bits per heavy atom. The van der Waals surface area contributed by atoms with Gasteiger partial charge in [-0.1, -0.05) is 12.1 Å². The van der Waals surface area contributed by atoms with E-state index in [4.69, 9.17) is 4.74 Å². The fourth-order valence-corrected chi connectivity index (χ4v) is 2.82. The van der Waals surface area contributed by atoms with Crippen LogP contribution in [0.1, 0.15) is 16.1 Å². The smallest absolute Gasteiger partial charge is 0.270 e. The molecular weight excluding hydrogens is 306 g/mol. The minimum Gasteiger partial charge on any atom is -0.497 e. The lowest BCUT2D eigenvalue weighted by Gasteiger charge is -2.34. The summed E-state index contributed by atoms with van der Waals surface area (Å²) in [7, 11) is 1.62. The van der Waals surface area contributed by atoms with E-state index in [-0.39, 0.29) is 11.8 Å². The summed E-state index contributed by atoms with van der Waals surface area (Å²) in [5.74, 6) is 0.858. The summed E-state index contributed by atoms with van der Waals surface area (Å²) in [6, 6.07) is 11.1. The number of carbonyl (C=O) groups excluding carboxylic acids is 2. The van der Waals surface area contributed by atoms with Gasteiger partial charge in [0.05, 0.1) is 13.5 Å². The molecule has 0 atom stereocenters. The maximum absolute atomic E-state index is 12.4. The molecule has 2 heterocycles. The zero-order valence-electron chi connectivity index (χ0n) is 13.7. The van der Waals surface area contributed by atoms with E-state index in [1.807, 2.05) is 35.2 Å². The van der Waals surface area contributed by atoms with E-state index in [9.17, 15) is 9.59 Å². The molecule has 1 aromatic heterocycles. The maximum Gasteiger partial charge on any atom is 0.270 e. The van der Waals surface area contributed by atoms with Gasteiger partial charge in [-0.25, -0.2) is 0 Å². The molecule has 6 nitrogen and oxygen atoms in total. The molecule has 0 saturated carbocycles. The number of H-pyrrole nitrogens is 1. The molecule has 0 bridgehead atoms. The van der Waals surface area contributed by atoms with Crippen LogP contribution in [0.2, 0.25) is 0 Å².